The highest BCUT2D eigenvalue weighted by molar-refractivity contribution is 7.98. The van der Waals surface area contributed by atoms with Gasteiger partial charge in [-0.15, -0.1) is 11.8 Å². The second-order valence-electron chi connectivity index (χ2n) is 4.67. The van der Waals surface area contributed by atoms with Crippen LogP contribution in [0.15, 0.2) is 29.2 Å². The Morgan fingerprint density at radius 3 is 2.94 bits per heavy atom. The van der Waals surface area contributed by atoms with Crippen molar-refractivity contribution in [1.82, 2.24) is 4.90 Å². The van der Waals surface area contributed by atoms with Crippen LogP contribution >= 0.6 is 11.8 Å². The molecule has 1 atom stereocenters. The number of rotatable bonds is 4. The largest absolute Gasteiger partial charge is 0.396 e. The normalized spacial score (nSPS) is 19.2. The predicted molar refractivity (Wildman–Crippen MR) is 73.7 cm³/mol. The molecule has 98 valence electrons. The van der Waals surface area contributed by atoms with Crippen LogP contribution in [0.2, 0.25) is 0 Å². The van der Waals surface area contributed by atoms with Gasteiger partial charge >= 0.3 is 0 Å². The summed E-state index contributed by atoms with van der Waals surface area (Å²) in [5, 5.41) is 9.10. The lowest BCUT2D eigenvalue weighted by Crippen LogP contribution is -2.30. The molecular formula is C14H19NO2S. The third-order valence-electron chi connectivity index (χ3n) is 3.43. The molecule has 1 amide bonds. The van der Waals surface area contributed by atoms with Gasteiger partial charge in [0.25, 0.3) is 0 Å². The quantitative estimate of drug-likeness (QED) is 0.844. The van der Waals surface area contributed by atoms with Gasteiger partial charge in [-0.2, -0.15) is 0 Å². The molecule has 0 aliphatic carbocycles. The van der Waals surface area contributed by atoms with Crippen LogP contribution in [0.3, 0.4) is 0 Å². The Bertz CT molecular complexity index is 422. The van der Waals surface area contributed by atoms with Crippen molar-refractivity contribution in [3.63, 3.8) is 0 Å². The van der Waals surface area contributed by atoms with E-state index in [-0.39, 0.29) is 18.4 Å². The van der Waals surface area contributed by atoms with Gasteiger partial charge in [0.2, 0.25) is 5.91 Å². The van der Waals surface area contributed by atoms with E-state index in [1.807, 2.05) is 35.4 Å². The van der Waals surface area contributed by atoms with E-state index in [0.29, 0.717) is 13.0 Å². The lowest BCUT2D eigenvalue weighted by atomic mass is 10.1. The summed E-state index contributed by atoms with van der Waals surface area (Å²) in [7, 11) is 0. The monoisotopic (exact) mass is 265 g/mol. The average Bonchev–Trinajstić information content (AvgIpc) is 2.88. The zero-order valence-electron chi connectivity index (χ0n) is 10.6. The zero-order valence-corrected chi connectivity index (χ0v) is 11.4. The number of nitrogens with zero attached hydrogens (tertiary/aromatic N) is 1. The molecule has 3 nitrogen and oxygen atoms in total. The van der Waals surface area contributed by atoms with Gasteiger partial charge in [-0.1, -0.05) is 18.2 Å². The summed E-state index contributed by atoms with van der Waals surface area (Å²) in [4.78, 5) is 15.2. The number of carbonyl (C=O) groups is 1. The summed E-state index contributed by atoms with van der Waals surface area (Å²) in [6.07, 6.45) is 3.42. The van der Waals surface area contributed by atoms with Crippen molar-refractivity contribution in [1.29, 1.82) is 0 Å². The van der Waals surface area contributed by atoms with Crippen LogP contribution in [-0.2, 0) is 11.2 Å². The van der Waals surface area contributed by atoms with Crippen molar-refractivity contribution in [3.8, 4) is 0 Å². The van der Waals surface area contributed by atoms with Crippen LogP contribution in [0.5, 0.6) is 0 Å². The smallest absolute Gasteiger partial charge is 0.227 e. The minimum atomic E-state index is 0.174. The third-order valence-corrected chi connectivity index (χ3v) is 4.27. The van der Waals surface area contributed by atoms with E-state index in [2.05, 4.69) is 0 Å². The second-order valence-corrected chi connectivity index (χ2v) is 5.51. The minimum absolute atomic E-state index is 0.174. The summed E-state index contributed by atoms with van der Waals surface area (Å²) in [6.45, 7) is 1.67. The van der Waals surface area contributed by atoms with E-state index in [0.717, 1.165) is 18.5 Å². The third kappa shape index (κ3) is 3.06. The van der Waals surface area contributed by atoms with Gasteiger partial charge in [-0.3, -0.25) is 4.79 Å². The molecule has 1 unspecified atom stereocenters. The molecule has 1 aromatic carbocycles. The summed E-state index contributed by atoms with van der Waals surface area (Å²) in [5.41, 5.74) is 1.10. The zero-order chi connectivity index (χ0) is 13.0. The first-order valence-corrected chi connectivity index (χ1v) is 7.47. The fraction of sp³-hybridized carbons (Fsp3) is 0.500. The van der Waals surface area contributed by atoms with Crippen molar-refractivity contribution >= 4 is 17.7 Å². The van der Waals surface area contributed by atoms with E-state index < -0.39 is 0 Å². The maximum absolute atomic E-state index is 12.2. The van der Waals surface area contributed by atoms with E-state index >= 15 is 0 Å². The Labute approximate surface area is 112 Å². The lowest BCUT2D eigenvalue weighted by molar-refractivity contribution is -0.129. The Balaban J connectivity index is 1.99. The summed E-state index contributed by atoms with van der Waals surface area (Å²) in [5.74, 6) is 0.442. The van der Waals surface area contributed by atoms with Crippen molar-refractivity contribution in [3.05, 3.63) is 29.8 Å². The lowest BCUT2D eigenvalue weighted by Gasteiger charge is -2.17. The molecule has 1 N–H and O–H groups in total. The van der Waals surface area contributed by atoms with Crippen LogP contribution in [0.1, 0.15) is 12.0 Å². The van der Waals surface area contributed by atoms with Crippen LogP contribution in [0, 0.1) is 5.92 Å². The van der Waals surface area contributed by atoms with Crippen LogP contribution in [-0.4, -0.2) is 41.9 Å². The number of benzene rings is 1. The molecule has 0 radical (unpaired) electrons. The molecule has 4 heteroatoms. The molecule has 0 bridgehead atoms. The average molecular weight is 265 g/mol. The summed E-state index contributed by atoms with van der Waals surface area (Å²) < 4.78 is 0. The Kier molecular flexibility index (Phi) is 4.66. The summed E-state index contributed by atoms with van der Waals surface area (Å²) in [6, 6.07) is 8.04. The number of hydrogen-bond acceptors (Lipinski definition) is 3. The van der Waals surface area contributed by atoms with Crippen molar-refractivity contribution in [2.75, 3.05) is 26.0 Å². The van der Waals surface area contributed by atoms with E-state index in [1.165, 1.54) is 4.90 Å². The highest BCUT2D eigenvalue weighted by atomic mass is 32.2. The fourth-order valence-electron chi connectivity index (χ4n) is 2.33. The van der Waals surface area contributed by atoms with Crippen molar-refractivity contribution in [2.24, 2.45) is 5.92 Å². The first kappa shape index (κ1) is 13.4. The highest BCUT2D eigenvalue weighted by Crippen LogP contribution is 2.22. The van der Waals surface area contributed by atoms with Gasteiger partial charge in [0.15, 0.2) is 0 Å². The van der Waals surface area contributed by atoms with Gasteiger partial charge in [0.1, 0.15) is 0 Å². The first-order valence-electron chi connectivity index (χ1n) is 6.25. The number of hydrogen-bond donors (Lipinski definition) is 1. The molecule has 2 rings (SSSR count). The number of aliphatic hydroxyl groups is 1. The number of thioether (sulfide) groups is 1. The van der Waals surface area contributed by atoms with Crippen LogP contribution in [0.25, 0.3) is 0 Å². The maximum atomic E-state index is 12.2. The topological polar surface area (TPSA) is 40.5 Å². The van der Waals surface area contributed by atoms with Crippen LogP contribution < -0.4 is 0 Å². The number of likely N-dealkylation sites (tertiary alicyclic amines) is 1. The Morgan fingerprint density at radius 2 is 2.28 bits per heavy atom. The SMILES string of the molecule is CSc1ccccc1CC(=O)N1CCC(CO)C1. The number of aliphatic hydroxyl groups excluding tert-OH is 1. The standard InChI is InChI=1S/C14H19NO2S/c1-18-13-5-3-2-4-12(13)8-14(17)15-7-6-11(9-15)10-16/h2-5,11,16H,6-10H2,1H3. The van der Waals surface area contributed by atoms with Gasteiger partial charge < -0.3 is 10.0 Å². The molecule has 18 heavy (non-hydrogen) atoms. The molecule has 1 aromatic rings. The second kappa shape index (κ2) is 6.25. The molecule has 1 fully saturated rings. The van der Waals surface area contributed by atoms with Crippen molar-refractivity contribution < 1.29 is 9.90 Å². The molecule has 0 saturated carbocycles. The Hall–Kier alpha value is -1.00. The molecule has 0 aromatic heterocycles. The van der Waals surface area contributed by atoms with Gasteiger partial charge in [0.05, 0.1) is 6.42 Å². The van der Waals surface area contributed by atoms with E-state index in [1.54, 1.807) is 11.8 Å². The Morgan fingerprint density at radius 1 is 1.50 bits per heavy atom. The number of carbonyl (C=O) groups excluding carboxylic acids is 1. The molecule has 1 aliphatic rings. The minimum Gasteiger partial charge on any atom is -0.396 e. The number of amides is 1. The molecule has 1 aliphatic heterocycles. The fourth-order valence-corrected chi connectivity index (χ4v) is 2.95. The van der Waals surface area contributed by atoms with E-state index in [9.17, 15) is 4.79 Å². The predicted octanol–water partition coefficient (Wildman–Crippen LogP) is 1.79. The molecular weight excluding hydrogens is 246 g/mol. The maximum Gasteiger partial charge on any atom is 0.227 e. The first-order chi connectivity index (χ1) is 8.74. The molecule has 1 heterocycles. The molecule has 1 saturated heterocycles. The van der Waals surface area contributed by atoms with Gasteiger partial charge in [0, 0.05) is 30.5 Å². The highest BCUT2D eigenvalue weighted by Gasteiger charge is 2.25. The van der Waals surface area contributed by atoms with E-state index in [4.69, 9.17) is 5.11 Å². The van der Waals surface area contributed by atoms with Crippen LogP contribution in [0.4, 0.5) is 0 Å². The van der Waals surface area contributed by atoms with Gasteiger partial charge in [-0.05, 0) is 24.3 Å². The van der Waals surface area contributed by atoms with Crippen molar-refractivity contribution in [2.45, 2.75) is 17.7 Å². The van der Waals surface area contributed by atoms with Gasteiger partial charge in [-0.25, -0.2) is 0 Å². The molecule has 0 spiro atoms. The summed E-state index contributed by atoms with van der Waals surface area (Å²) >= 11 is 1.67.